The molecule has 1 fully saturated rings. The third-order valence-corrected chi connectivity index (χ3v) is 3.62. The van der Waals surface area contributed by atoms with Crippen molar-refractivity contribution in [2.75, 3.05) is 11.9 Å². The summed E-state index contributed by atoms with van der Waals surface area (Å²) >= 11 is 5.62. The zero-order valence-electron chi connectivity index (χ0n) is 10.8. The smallest absolute Gasteiger partial charge is 0.326 e. The van der Waals surface area contributed by atoms with Crippen molar-refractivity contribution in [2.24, 2.45) is 5.92 Å². The van der Waals surface area contributed by atoms with Crippen LogP contribution in [0, 0.1) is 11.7 Å². The topological polar surface area (TPSA) is 69.6 Å². The summed E-state index contributed by atoms with van der Waals surface area (Å²) in [5.74, 6) is -1.85. The molecule has 2 N–H and O–H groups in total. The summed E-state index contributed by atoms with van der Waals surface area (Å²) in [5.41, 5.74) is -0.0249. The van der Waals surface area contributed by atoms with E-state index in [1.807, 2.05) is 0 Å². The molecule has 1 aliphatic rings. The van der Waals surface area contributed by atoms with E-state index in [0.29, 0.717) is 13.0 Å². The minimum absolute atomic E-state index is 0.0249. The number of anilines is 1. The van der Waals surface area contributed by atoms with Crippen molar-refractivity contribution in [1.82, 2.24) is 4.90 Å². The molecule has 2 atom stereocenters. The van der Waals surface area contributed by atoms with Crippen LogP contribution < -0.4 is 5.32 Å². The molecule has 0 saturated carbocycles. The Morgan fingerprint density at radius 3 is 2.80 bits per heavy atom. The zero-order chi connectivity index (χ0) is 14.9. The summed E-state index contributed by atoms with van der Waals surface area (Å²) in [7, 11) is 0. The summed E-state index contributed by atoms with van der Waals surface area (Å²) in [5, 5.41) is 11.7. The largest absolute Gasteiger partial charge is 0.480 e. The van der Waals surface area contributed by atoms with Gasteiger partial charge in [-0.1, -0.05) is 18.5 Å². The van der Waals surface area contributed by atoms with E-state index in [1.54, 1.807) is 6.92 Å². The van der Waals surface area contributed by atoms with E-state index >= 15 is 0 Å². The average molecular weight is 301 g/mol. The maximum Gasteiger partial charge on any atom is 0.326 e. The van der Waals surface area contributed by atoms with Gasteiger partial charge in [0.25, 0.3) is 0 Å². The summed E-state index contributed by atoms with van der Waals surface area (Å²) in [6, 6.07) is 2.36. The molecule has 7 heteroatoms. The van der Waals surface area contributed by atoms with Gasteiger partial charge in [0.2, 0.25) is 0 Å². The summed E-state index contributed by atoms with van der Waals surface area (Å²) in [6.07, 6.45) is 0.605. The standard InChI is InChI=1S/C13H14ClFN2O3/c1-7-4-5-17(11(7)12(18)19)13(20)16-10-3-2-8(14)6-9(10)15/h2-3,6-7,11H,4-5H2,1H3,(H,16,20)(H,18,19). The third kappa shape index (κ3) is 2.85. The molecule has 108 valence electrons. The molecule has 0 aliphatic carbocycles. The van der Waals surface area contributed by atoms with Gasteiger partial charge < -0.3 is 15.3 Å². The van der Waals surface area contributed by atoms with Gasteiger partial charge in [-0.2, -0.15) is 0 Å². The van der Waals surface area contributed by atoms with Crippen LogP contribution in [-0.2, 0) is 4.79 Å². The van der Waals surface area contributed by atoms with Crippen molar-refractivity contribution in [2.45, 2.75) is 19.4 Å². The fourth-order valence-electron chi connectivity index (χ4n) is 2.33. The second-order valence-corrected chi connectivity index (χ2v) is 5.23. The van der Waals surface area contributed by atoms with E-state index in [4.69, 9.17) is 16.7 Å². The maximum absolute atomic E-state index is 13.6. The molecule has 2 unspecified atom stereocenters. The number of amides is 2. The molecule has 0 spiro atoms. The van der Waals surface area contributed by atoms with E-state index < -0.39 is 23.9 Å². The Kier molecular flexibility index (Phi) is 4.13. The molecule has 2 amide bonds. The van der Waals surface area contributed by atoms with E-state index in [0.717, 1.165) is 6.07 Å². The van der Waals surface area contributed by atoms with Crippen molar-refractivity contribution in [3.63, 3.8) is 0 Å². The van der Waals surface area contributed by atoms with Gasteiger partial charge in [-0.05, 0) is 30.5 Å². The number of likely N-dealkylation sites (tertiary alicyclic amines) is 1. The minimum Gasteiger partial charge on any atom is -0.480 e. The highest BCUT2D eigenvalue weighted by Crippen LogP contribution is 2.26. The minimum atomic E-state index is -1.05. The van der Waals surface area contributed by atoms with Crippen molar-refractivity contribution < 1.29 is 19.1 Å². The summed E-state index contributed by atoms with van der Waals surface area (Å²) in [4.78, 5) is 24.5. The van der Waals surface area contributed by atoms with E-state index in [-0.39, 0.29) is 16.6 Å². The van der Waals surface area contributed by atoms with E-state index in [1.165, 1.54) is 17.0 Å². The summed E-state index contributed by atoms with van der Waals surface area (Å²) < 4.78 is 13.6. The number of nitrogens with one attached hydrogen (secondary N) is 1. The van der Waals surface area contributed by atoms with Crippen LogP contribution in [0.15, 0.2) is 18.2 Å². The molecule has 1 aromatic rings. The molecule has 0 radical (unpaired) electrons. The number of halogens is 2. The number of nitrogens with zero attached hydrogens (tertiary/aromatic N) is 1. The molecule has 0 aromatic heterocycles. The molecule has 2 rings (SSSR count). The third-order valence-electron chi connectivity index (χ3n) is 3.39. The first kappa shape index (κ1) is 14.6. The highest BCUT2D eigenvalue weighted by atomic mass is 35.5. The van der Waals surface area contributed by atoms with Gasteiger partial charge in [0.1, 0.15) is 11.9 Å². The van der Waals surface area contributed by atoms with Crippen LogP contribution in [0.25, 0.3) is 0 Å². The van der Waals surface area contributed by atoms with Gasteiger partial charge in [0.15, 0.2) is 0 Å². The number of aliphatic carboxylic acids is 1. The molecule has 1 aromatic carbocycles. The predicted octanol–water partition coefficient (Wildman–Crippen LogP) is 2.81. The lowest BCUT2D eigenvalue weighted by molar-refractivity contribution is -0.142. The molecule has 1 saturated heterocycles. The van der Waals surface area contributed by atoms with Crippen LogP contribution in [0.4, 0.5) is 14.9 Å². The second-order valence-electron chi connectivity index (χ2n) is 4.80. The van der Waals surface area contributed by atoms with Gasteiger partial charge in [-0.25, -0.2) is 14.0 Å². The zero-order valence-corrected chi connectivity index (χ0v) is 11.5. The molecule has 5 nitrogen and oxygen atoms in total. The quantitative estimate of drug-likeness (QED) is 0.882. The Morgan fingerprint density at radius 2 is 2.20 bits per heavy atom. The Morgan fingerprint density at radius 1 is 1.50 bits per heavy atom. The maximum atomic E-state index is 13.6. The van der Waals surface area contributed by atoms with Crippen LogP contribution in [0.3, 0.4) is 0 Å². The lowest BCUT2D eigenvalue weighted by Gasteiger charge is -2.23. The lowest BCUT2D eigenvalue weighted by atomic mass is 10.0. The fourth-order valence-corrected chi connectivity index (χ4v) is 2.49. The average Bonchev–Trinajstić information content (AvgIpc) is 2.74. The molecule has 1 aliphatic heterocycles. The van der Waals surface area contributed by atoms with Gasteiger partial charge in [-0.15, -0.1) is 0 Å². The number of carboxylic acid groups (broad SMARTS) is 1. The van der Waals surface area contributed by atoms with Crippen molar-refractivity contribution >= 4 is 29.3 Å². The second kappa shape index (κ2) is 5.66. The summed E-state index contributed by atoms with van der Waals surface area (Å²) in [6.45, 7) is 2.11. The van der Waals surface area contributed by atoms with Crippen LogP contribution in [-0.4, -0.2) is 34.6 Å². The number of hydrogen-bond acceptors (Lipinski definition) is 2. The lowest BCUT2D eigenvalue weighted by Crippen LogP contribution is -2.44. The molecule has 0 bridgehead atoms. The number of benzene rings is 1. The first-order valence-corrected chi connectivity index (χ1v) is 6.53. The number of carbonyl (C=O) groups excluding carboxylic acids is 1. The molecular formula is C13H14ClFN2O3. The number of rotatable bonds is 2. The predicted molar refractivity (Wildman–Crippen MR) is 72.3 cm³/mol. The van der Waals surface area contributed by atoms with Gasteiger partial charge in [0, 0.05) is 11.6 Å². The number of urea groups is 1. The normalized spacial score (nSPS) is 21.9. The first-order chi connectivity index (χ1) is 9.40. The number of carboxylic acids is 1. The molecular weight excluding hydrogens is 287 g/mol. The SMILES string of the molecule is CC1CCN(C(=O)Nc2ccc(Cl)cc2F)C1C(=O)O. The Hall–Kier alpha value is -1.82. The van der Waals surface area contributed by atoms with Crippen LogP contribution in [0.1, 0.15) is 13.3 Å². The Balaban J connectivity index is 2.14. The molecule has 20 heavy (non-hydrogen) atoms. The highest BCUT2D eigenvalue weighted by Gasteiger charge is 2.39. The highest BCUT2D eigenvalue weighted by molar-refractivity contribution is 6.30. The van der Waals surface area contributed by atoms with Crippen LogP contribution >= 0.6 is 11.6 Å². The van der Waals surface area contributed by atoms with Crippen molar-refractivity contribution in [1.29, 1.82) is 0 Å². The fraction of sp³-hybridized carbons (Fsp3) is 0.385. The van der Waals surface area contributed by atoms with Crippen molar-refractivity contribution in [3.05, 3.63) is 29.0 Å². The van der Waals surface area contributed by atoms with Gasteiger partial charge >= 0.3 is 12.0 Å². The van der Waals surface area contributed by atoms with Crippen LogP contribution in [0.2, 0.25) is 5.02 Å². The Labute approximate surface area is 120 Å². The first-order valence-electron chi connectivity index (χ1n) is 6.15. The van der Waals surface area contributed by atoms with E-state index in [9.17, 15) is 14.0 Å². The van der Waals surface area contributed by atoms with Crippen LogP contribution in [0.5, 0.6) is 0 Å². The number of hydrogen-bond donors (Lipinski definition) is 2. The van der Waals surface area contributed by atoms with E-state index in [2.05, 4.69) is 5.32 Å². The van der Waals surface area contributed by atoms with Gasteiger partial charge in [0.05, 0.1) is 5.69 Å². The molecule has 1 heterocycles. The Bertz CT molecular complexity index is 552. The monoisotopic (exact) mass is 300 g/mol. The number of carbonyl (C=O) groups is 2. The van der Waals surface area contributed by atoms with Crippen molar-refractivity contribution in [3.8, 4) is 0 Å². The van der Waals surface area contributed by atoms with Gasteiger partial charge in [-0.3, -0.25) is 0 Å².